The van der Waals surface area contributed by atoms with Gasteiger partial charge in [-0.2, -0.15) is 0 Å². The van der Waals surface area contributed by atoms with Crippen LogP contribution in [-0.4, -0.2) is 30.1 Å². The molecular weight excluding hydrogens is 218 g/mol. The van der Waals surface area contributed by atoms with Gasteiger partial charge < -0.3 is 15.8 Å². The Balaban J connectivity index is 2.52. The highest BCUT2D eigenvalue weighted by Crippen LogP contribution is 2.10. The van der Waals surface area contributed by atoms with Gasteiger partial charge in [0.2, 0.25) is 5.91 Å². The van der Waals surface area contributed by atoms with E-state index in [1.165, 1.54) is 0 Å². The minimum absolute atomic E-state index is 0.129. The van der Waals surface area contributed by atoms with Gasteiger partial charge in [0, 0.05) is 19.3 Å². The summed E-state index contributed by atoms with van der Waals surface area (Å²) >= 11 is 0. The van der Waals surface area contributed by atoms with E-state index in [0.29, 0.717) is 19.0 Å². The third-order valence-electron chi connectivity index (χ3n) is 2.35. The number of carbonyl (C=O) groups is 1. The number of hydrogen-bond acceptors (Lipinski definition) is 4. The van der Waals surface area contributed by atoms with Crippen LogP contribution in [0.5, 0.6) is 0 Å². The van der Waals surface area contributed by atoms with Crippen LogP contribution in [0.3, 0.4) is 0 Å². The monoisotopic (exact) mass is 237 g/mol. The number of aromatic nitrogens is 1. The average molecular weight is 237 g/mol. The number of anilines is 1. The number of nitrogens with one attached hydrogen (secondary N) is 1. The van der Waals surface area contributed by atoms with Gasteiger partial charge in [0.15, 0.2) is 0 Å². The Bertz CT molecular complexity index is 369. The molecule has 1 heterocycles. The van der Waals surface area contributed by atoms with Crippen molar-refractivity contribution in [2.75, 3.05) is 18.5 Å². The summed E-state index contributed by atoms with van der Waals surface area (Å²) in [6, 6.07) is 3.72. The number of amides is 1. The maximum Gasteiger partial charge on any atom is 0.228 e. The molecule has 94 valence electrons. The first kappa shape index (κ1) is 13.6. The lowest BCUT2D eigenvalue weighted by molar-refractivity contribution is -0.118. The van der Waals surface area contributed by atoms with Gasteiger partial charge in [0.1, 0.15) is 5.82 Å². The number of hydrogen-bond donors (Lipinski definition) is 2. The minimum atomic E-state index is -0.232. The summed E-state index contributed by atoms with van der Waals surface area (Å²) in [5.74, 6) is 0.459. The first-order valence-corrected chi connectivity index (χ1v) is 5.70. The Morgan fingerprint density at radius 2 is 2.41 bits per heavy atom. The van der Waals surface area contributed by atoms with Crippen LogP contribution in [0.25, 0.3) is 0 Å². The topological polar surface area (TPSA) is 77.2 Å². The molecule has 0 bridgehead atoms. The van der Waals surface area contributed by atoms with Crippen molar-refractivity contribution in [3.63, 3.8) is 0 Å². The Morgan fingerprint density at radius 1 is 1.65 bits per heavy atom. The number of nitrogens with two attached hydrogens (primary N) is 1. The zero-order chi connectivity index (χ0) is 12.7. The van der Waals surface area contributed by atoms with E-state index in [4.69, 9.17) is 10.5 Å². The van der Waals surface area contributed by atoms with Crippen LogP contribution in [0.4, 0.5) is 5.82 Å². The second kappa shape index (κ2) is 6.98. The Morgan fingerprint density at radius 3 is 3.00 bits per heavy atom. The summed E-state index contributed by atoms with van der Waals surface area (Å²) in [7, 11) is 0. The zero-order valence-electron chi connectivity index (χ0n) is 10.3. The van der Waals surface area contributed by atoms with Crippen LogP contribution in [0.15, 0.2) is 18.3 Å². The first-order chi connectivity index (χ1) is 8.17. The molecule has 0 fully saturated rings. The number of ether oxygens (including phenoxy) is 1. The van der Waals surface area contributed by atoms with Gasteiger partial charge in [-0.25, -0.2) is 4.98 Å². The molecule has 0 aromatic carbocycles. The number of carbonyl (C=O) groups excluding carboxylic acids is 1. The molecule has 0 aliphatic rings. The van der Waals surface area contributed by atoms with Crippen LogP contribution in [-0.2, 0) is 9.53 Å². The molecule has 5 heteroatoms. The molecule has 0 saturated heterocycles. The number of rotatable bonds is 6. The lowest BCUT2D eigenvalue weighted by Gasteiger charge is -2.14. The van der Waals surface area contributed by atoms with E-state index in [2.05, 4.69) is 10.3 Å². The van der Waals surface area contributed by atoms with Crippen molar-refractivity contribution in [1.29, 1.82) is 0 Å². The van der Waals surface area contributed by atoms with Crippen molar-refractivity contribution in [3.05, 3.63) is 23.9 Å². The van der Waals surface area contributed by atoms with Crippen molar-refractivity contribution in [3.8, 4) is 0 Å². The molecule has 0 aliphatic carbocycles. The van der Waals surface area contributed by atoms with Crippen molar-refractivity contribution in [1.82, 2.24) is 4.98 Å². The van der Waals surface area contributed by atoms with Gasteiger partial charge >= 0.3 is 0 Å². The van der Waals surface area contributed by atoms with Crippen LogP contribution >= 0.6 is 0 Å². The van der Waals surface area contributed by atoms with E-state index in [1.807, 2.05) is 26.0 Å². The first-order valence-electron chi connectivity index (χ1n) is 5.70. The molecule has 1 amide bonds. The molecule has 17 heavy (non-hydrogen) atoms. The van der Waals surface area contributed by atoms with Crippen LogP contribution < -0.4 is 11.1 Å². The predicted molar refractivity (Wildman–Crippen MR) is 66.7 cm³/mol. The fraction of sp³-hybridized carbons (Fsp3) is 0.500. The van der Waals surface area contributed by atoms with Crippen LogP contribution in [0, 0.1) is 6.92 Å². The Hall–Kier alpha value is -1.46. The van der Waals surface area contributed by atoms with Crippen LogP contribution in [0.2, 0.25) is 0 Å². The molecule has 1 aromatic heterocycles. The molecule has 0 spiro atoms. The molecule has 1 aromatic rings. The minimum Gasteiger partial charge on any atom is -0.377 e. The van der Waals surface area contributed by atoms with E-state index in [-0.39, 0.29) is 18.4 Å². The van der Waals surface area contributed by atoms with Crippen molar-refractivity contribution in [2.45, 2.75) is 26.4 Å². The highest BCUT2D eigenvalue weighted by Gasteiger charge is 2.13. The van der Waals surface area contributed by atoms with Gasteiger partial charge in [-0.15, -0.1) is 0 Å². The van der Waals surface area contributed by atoms with Crippen LogP contribution in [0.1, 0.15) is 18.9 Å². The summed E-state index contributed by atoms with van der Waals surface area (Å²) in [5, 5.41) is 2.75. The van der Waals surface area contributed by atoms with E-state index in [1.54, 1.807) is 6.20 Å². The zero-order valence-corrected chi connectivity index (χ0v) is 10.3. The lowest BCUT2D eigenvalue weighted by Crippen LogP contribution is -2.29. The maximum absolute atomic E-state index is 11.7. The summed E-state index contributed by atoms with van der Waals surface area (Å²) < 4.78 is 5.32. The van der Waals surface area contributed by atoms with Gasteiger partial charge in [0.05, 0.1) is 12.5 Å². The second-order valence-corrected chi connectivity index (χ2v) is 3.73. The SMILES string of the molecule is CCOC(CN)CC(=O)Nc1ncccc1C. The third-order valence-corrected chi connectivity index (χ3v) is 2.35. The summed E-state index contributed by atoms with van der Waals surface area (Å²) in [6.45, 7) is 4.66. The second-order valence-electron chi connectivity index (χ2n) is 3.73. The van der Waals surface area contributed by atoms with E-state index < -0.39 is 0 Å². The Kier molecular flexibility index (Phi) is 5.59. The molecular formula is C12H19N3O2. The van der Waals surface area contributed by atoms with E-state index in [9.17, 15) is 4.79 Å². The summed E-state index contributed by atoms with van der Waals surface area (Å²) in [5.41, 5.74) is 6.44. The lowest BCUT2D eigenvalue weighted by atomic mass is 10.2. The van der Waals surface area contributed by atoms with Crippen molar-refractivity contribution >= 4 is 11.7 Å². The molecule has 0 radical (unpaired) electrons. The fourth-order valence-corrected chi connectivity index (χ4v) is 1.45. The fourth-order valence-electron chi connectivity index (χ4n) is 1.45. The largest absolute Gasteiger partial charge is 0.377 e. The van der Waals surface area contributed by atoms with Gasteiger partial charge in [-0.05, 0) is 25.5 Å². The normalized spacial score (nSPS) is 12.2. The smallest absolute Gasteiger partial charge is 0.228 e. The summed E-state index contributed by atoms with van der Waals surface area (Å²) in [4.78, 5) is 15.8. The number of aryl methyl sites for hydroxylation is 1. The predicted octanol–water partition coefficient (Wildman–Crippen LogP) is 1.08. The van der Waals surface area contributed by atoms with Gasteiger partial charge in [0.25, 0.3) is 0 Å². The number of nitrogens with zero attached hydrogens (tertiary/aromatic N) is 1. The highest BCUT2D eigenvalue weighted by atomic mass is 16.5. The molecule has 1 atom stereocenters. The average Bonchev–Trinajstić information content (AvgIpc) is 2.31. The molecule has 0 saturated carbocycles. The van der Waals surface area contributed by atoms with Crippen molar-refractivity contribution < 1.29 is 9.53 Å². The van der Waals surface area contributed by atoms with Gasteiger partial charge in [-0.3, -0.25) is 4.79 Å². The van der Waals surface area contributed by atoms with Crippen molar-refractivity contribution in [2.24, 2.45) is 5.73 Å². The molecule has 3 N–H and O–H groups in total. The highest BCUT2D eigenvalue weighted by molar-refractivity contribution is 5.90. The quantitative estimate of drug-likeness (QED) is 0.776. The third kappa shape index (κ3) is 4.50. The van der Waals surface area contributed by atoms with E-state index >= 15 is 0 Å². The maximum atomic E-state index is 11.7. The number of pyridine rings is 1. The Labute approximate surface area is 101 Å². The summed E-state index contributed by atoms with van der Waals surface area (Å²) in [6.07, 6.45) is 1.66. The van der Waals surface area contributed by atoms with E-state index in [0.717, 1.165) is 5.56 Å². The molecule has 1 unspecified atom stereocenters. The standard InChI is InChI=1S/C12H19N3O2/c1-3-17-10(8-13)7-11(16)15-12-9(2)5-4-6-14-12/h4-6,10H,3,7-8,13H2,1-2H3,(H,14,15,16). The van der Waals surface area contributed by atoms with Gasteiger partial charge in [-0.1, -0.05) is 6.07 Å². The molecule has 0 aliphatic heterocycles. The molecule has 1 rings (SSSR count). The molecule has 5 nitrogen and oxygen atoms in total.